The maximum Gasteiger partial charge on any atom is 0.167 e. The molecule has 1 aromatic carbocycles. The van der Waals surface area contributed by atoms with Gasteiger partial charge >= 0.3 is 0 Å². The van der Waals surface area contributed by atoms with E-state index in [-0.39, 0.29) is 5.78 Å². The number of piperazine rings is 1. The van der Waals surface area contributed by atoms with Crippen molar-refractivity contribution in [3.63, 3.8) is 0 Å². The minimum atomic E-state index is 0.119. The number of carbonyl (C=O) groups excluding carboxylic acids is 1. The molecule has 1 aliphatic rings. The van der Waals surface area contributed by atoms with Gasteiger partial charge in [0.15, 0.2) is 5.78 Å². The third-order valence-electron chi connectivity index (χ3n) is 3.96. The predicted octanol–water partition coefficient (Wildman–Crippen LogP) is 1.52. The van der Waals surface area contributed by atoms with Crippen LogP contribution < -0.4 is 9.47 Å². The Morgan fingerprint density at radius 2 is 1.86 bits per heavy atom. The fourth-order valence-corrected chi connectivity index (χ4v) is 2.49. The zero-order chi connectivity index (χ0) is 15.2. The Bertz CT molecular complexity index is 482. The standard InChI is InChI=1S/C16H24N2O3/c1-17-8-10-18(11-9-17)7-6-15(19)14-5-4-13(20-2)12-16(14)21-3/h4-5,12H,6-11H2,1-3H3. The highest BCUT2D eigenvalue weighted by Gasteiger charge is 2.17. The smallest absolute Gasteiger partial charge is 0.167 e. The predicted molar refractivity (Wildman–Crippen MR) is 82.4 cm³/mol. The Labute approximate surface area is 126 Å². The van der Waals surface area contributed by atoms with Crippen LogP contribution in [0.25, 0.3) is 0 Å². The van der Waals surface area contributed by atoms with Gasteiger partial charge in [-0.15, -0.1) is 0 Å². The summed E-state index contributed by atoms with van der Waals surface area (Å²) in [5.74, 6) is 1.40. The number of likely N-dealkylation sites (N-methyl/N-ethyl adjacent to an activating group) is 1. The van der Waals surface area contributed by atoms with Crippen molar-refractivity contribution in [2.24, 2.45) is 0 Å². The molecule has 0 spiro atoms. The molecule has 0 N–H and O–H groups in total. The highest BCUT2D eigenvalue weighted by molar-refractivity contribution is 5.99. The molecule has 0 aliphatic carbocycles. The second-order valence-electron chi connectivity index (χ2n) is 5.38. The van der Waals surface area contributed by atoms with Gasteiger partial charge in [-0.3, -0.25) is 4.79 Å². The first-order valence-corrected chi connectivity index (χ1v) is 7.30. The average molecular weight is 292 g/mol. The molecule has 5 nitrogen and oxygen atoms in total. The van der Waals surface area contributed by atoms with Gasteiger partial charge in [0.2, 0.25) is 0 Å². The lowest BCUT2D eigenvalue weighted by Gasteiger charge is -2.32. The summed E-state index contributed by atoms with van der Waals surface area (Å²) in [6.45, 7) is 5.01. The Kier molecular flexibility index (Phi) is 5.59. The zero-order valence-corrected chi connectivity index (χ0v) is 13.1. The maximum absolute atomic E-state index is 12.4. The first-order chi connectivity index (χ1) is 10.1. The van der Waals surface area contributed by atoms with Gasteiger partial charge in [-0.25, -0.2) is 0 Å². The molecule has 0 radical (unpaired) electrons. The van der Waals surface area contributed by atoms with Crippen LogP contribution in [-0.4, -0.2) is 69.6 Å². The van der Waals surface area contributed by atoms with Crippen LogP contribution >= 0.6 is 0 Å². The number of ether oxygens (including phenoxy) is 2. The summed E-state index contributed by atoms with van der Waals surface area (Å²) >= 11 is 0. The summed E-state index contributed by atoms with van der Waals surface area (Å²) in [5, 5.41) is 0. The number of Topliss-reactive ketones (excluding diaryl/α,β-unsaturated/α-hetero) is 1. The van der Waals surface area contributed by atoms with E-state index in [4.69, 9.17) is 9.47 Å². The largest absolute Gasteiger partial charge is 0.497 e. The summed E-state index contributed by atoms with van der Waals surface area (Å²) in [7, 11) is 5.31. The van der Waals surface area contributed by atoms with Crippen molar-refractivity contribution in [3.05, 3.63) is 23.8 Å². The number of benzene rings is 1. The van der Waals surface area contributed by atoms with Crippen LogP contribution in [0.1, 0.15) is 16.8 Å². The molecule has 0 unspecified atom stereocenters. The monoisotopic (exact) mass is 292 g/mol. The van der Waals surface area contributed by atoms with Crippen LogP contribution in [0, 0.1) is 0 Å². The van der Waals surface area contributed by atoms with Gasteiger partial charge in [0.1, 0.15) is 11.5 Å². The lowest BCUT2D eigenvalue weighted by molar-refractivity contribution is 0.0939. The van der Waals surface area contributed by atoms with E-state index in [0.29, 0.717) is 23.5 Å². The number of ketones is 1. The first kappa shape index (κ1) is 15.8. The number of rotatable bonds is 6. The lowest BCUT2D eigenvalue weighted by Crippen LogP contribution is -2.45. The summed E-state index contributed by atoms with van der Waals surface area (Å²) in [6.07, 6.45) is 0.520. The minimum absolute atomic E-state index is 0.119. The van der Waals surface area contributed by atoms with E-state index in [1.165, 1.54) is 0 Å². The summed E-state index contributed by atoms with van der Waals surface area (Å²) in [5.41, 5.74) is 0.632. The molecular weight excluding hydrogens is 268 g/mol. The normalized spacial score (nSPS) is 16.7. The molecule has 0 saturated carbocycles. The van der Waals surface area contributed by atoms with Crippen molar-refractivity contribution in [1.29, 1.82) is 0 Å². The fourth-order valence-electron chi connectivity index (χ4n) is 2.49. The molecule has 0 amide bonds. The first-order valence-electron chi connectivity index (χ1n) is 7.30. The SMILES string of the molecule is COc1ccc(C(=O)CCN2CCN(C)CC2)c(OC)c1. The topological polar surface area (TPSA) is 42.0 Å². The second kappa shape index (κ2) is 7.43. The van der Waals surface area contributed by atoms with E-state index in [2.05, 4.69) is 16.8 Å². The van der Waals surface area contributed by atoms with Gasteiger partial charge < -0.3 is 19.3 Å². The molecule has 1 saturated heterocycles. The molecule has 1 aromatic rings. The quantitative estimate of drug-likeness (QED) is 0.744. The number of hydrogen-bond acceptors (Lipinski definition) is 5. The Morgan fingerprint density at radius 1 is 1.14 bits per heavy atom. The van der Waals surface area contributed by atoms with Gasteiger partial charge in [0.05, 0.1) is 19.8 Å². The second-order valence-corrected chi connectivity index (χ2v) is 5.38. The van der Waals surface area contributed by atoms with E-state index in [1.54, 1.807) is 32.4 Å². The summed E-state index contributed by atoms with van der Waals surface area (Å²) < 4.78 is 10.4. The van der Waals surface area contributed by atoms with Crippen LogP contribution in [0.3, 0.4) is 0 Å². The van der Waals surface area contributed by atoms with Crippen molar-refractivity contribution < 1.29 is 14.3 Å². The van der Waals surface area contributed by atoms with Crippen LogP contribution in [0.15, 0.2) is 18.2 Å². The highest BCUT2D eigenvalue weighted by Crippen LogP contribution is 2.25. The van der Waals surface area contributed by atoms with Gasteiger partial charge in [0.25, 0.3) is 0 Å². The highest BCUT2D eigenvalue weighted by atomic mass is 16.5. The molecule has 0 aromatic heterocycles. The van der Waals surface area contributed by atoms with Crippen molar-refractivity contribution in [1.82, 2.24) is 9.80 Å². The van der Waals surface area contributed by atoms with Crippen LogP contribution in [-0.2, 0) is 0 Å². The average Bonchev–Trinajstić information content (AvgIpc) is 2.53. The minimum Gasteiger partial charge on any atom is -0.497 e. The Morgan fingerprint density at radius 3 is 2.48 bits per heavy atom. The van der Waals surface area contributed by atoms with Crippen molar-refractivity contribution in [2.45, 2.75) is 6.42 Å². The van der Waals surface area contributed by atoms with E-state index >= 15 is 0 Å². The van der Waals surface area contributed by atoms with Crippen molar-refractivity contribution >= 4 is 5.78 Å². The van der Waals surface area contributed by atoms with Crippen LogP contribution in [0.2, 0.25) is 0 Å². The molecule has 1 aliphatic heterocycles. The summed E-state index contributed by atoms with van der Waals surface area (Å²) in [6, 6.07) is 5.33. The van der Waals surface area contributed by atoms with E-state index in [1.807, 2.05) is 0 Å². The molecule has 1 heterocycles. The van der Waals surface area contributed by atoms with Gasteiger partial charge in [-0.05, 0) is 19.2 Å². The molecular formula is C16H24N2O3. The Balaban J connectivity index is 1.94. The summed E-state index contributed by atoms with van der Waals surface area (Å²) in [4.78, 5) is 17.0. The molecule has 0 atom stereocenters. The van der Waals surface area contributed by atoms with Gasteiger partial charge in [-0.1, -0.05) is 0 Å². The molecule has 0 bridgehead atoms. The molecule has 5 heteroatoms. The van der Waals surface area contributed by atoms with Gasteiger partial charge in [0, 0.05) is 45.2 Å². The third-order valence-corrected chi connectivity index (χ3v) is 3.96. The molecule has 21 heavy (non-hydrogen) atoms. The van der Waals surface area contributed by atoms with Crippen molar-refractivity contribution in [2.75, 3.05) is 54.0 Å². The number of carbonyl (C=O) groups is 1. The van der Waals surface area contributed by atoms with E-state index in [9.17, 15) is 4.79 Å². The fraction of sp³-hybridized carbons (Fsp3) is 0.562. The van der Waals surface area contributed by atoms with Crippen LogP contribution in [0.5, 0.6) is 11.5 Å². The third kappa shape index (κ3) is 4.19. The van der Waals surface area contributed by atoms with E-state index in [0.717, 1.165) is 32.7 Å². The number of nitrogens with zero attached hydrogens (tertiary/aromatic N) is 2. The Hall–Kier alpha value is -1.59. The molecule has 1 fully saturated rings. The van der Waals surface area contributed by atoms with E-state index < -0.39 is 0 Å². The molecule has 116 valence electrons. The maximum atomic E-state index is 12.4. The zero-order valence-electron chi connectivity index (χ0n) is 13.1. The van der Waals surface area contributed by atoms with Gasteiger partial charge in [-0.2, -0.15) is 0 Å². The van der Waals surface area contributed by atoms with Crippen LogP contribution in [0.4, 0.5) is 0 Å². The number of methoxy groups -OCH3 is 2. The lowest BCUT2D eigenvalue weighted by atomic mass is 10.1. The number of hydrogen-bond donors (Lipinski definition) is 0. The van der Waals surface area contributed by atoms with Crippen molar-refractivity contribution in [3.8, 4) is 11.5 Å². The molecule has 2 rings (SSSR count).